The molecule has 1 atom stereocenters. The molecule has 3 fully saturated rings. The Kier molecular flexibility index (Phi) is 5.31. The van der Waals surface area contributed by atoms with Crippen LogP contribution in [-0.2, 0) is 4.74 Å². The van der Waals surface area contributed by atoms with Crippen LogP contribution in [0.2, 0.25) is 0 Å². The highest BCUT2D eigenvalue weighted by atomic mass is 19.1. The van der Waals surface area contributed by atoms with Gasteiger partial charge >= 0.3 is 6.01 Å². The van der Waals surface area contributed by atoms with Gasteiger partial charge in [0.2, 0.25) is 0 Å². The summed E-state index contributed by atoms with van der Waals surface area (Å²) in [6.07, 6.45) is 0.692. The molecule has 1 aromatic carbocycles. The molecular formula is C24H30FN7O3. The van der Waals surface area contributed by atoms with Gasteiger partial charge in [-0.25, -0.2) is 9.07 Å². The van der Waals surface area contributed by atoms with E-state index in [0.717, 1.165) is 28.7 Å². The predicted molar refractivity (Wildman–Crippen MR) is 129 cm³/mol. The van der Waals surface area contributed by atoms with Crippen LogP contribution in [0.25, 0.3) is 16.7 Å². The number of piperazine rings is 1. The fourth-order valence-electron chi connectivity index (χ4n) is 5.17. The van der Waals surface area contributed by atoms with Crippen LogP contribution in [0.5, 0.6) is 6.01 Å². The Balaban J connectivity index is 1.34. The molecule has 0 bridgehead atoms. The van der Waals surface area contributed by atoms with E-state index >= 15 is 4.39 Å². The molecule has 1 N–H and O–H groups in total. The number of nitrogens with zero attached hydrogens (tertiary/aromatic N) is 7. The zero-order valence-corrected chi connectivity index (χ0v) is 20.2. The topological polar surface area (TPSA) is 92.0 Å². The Morgan fingerprint density at radius 3 is 2.57 bits per heavy atom. The lowest BCUT2D eigenvalue weighted by Gasteiger charge is -2.45. The van der Waals surface area contributed by atoms with Gasteiger partial charge < -0.3 is 24.4 Å². The monoisotopic (exact) mass is 483 g/mol. The number of rotatable bonds is 5. The molecule has 5 heterocycles. The maximum atomic E-state index is 15.3. The van der Waals surface area contributed by atoms with Crippen LogP contribution in [-0.4, -0.2) is 101 Å². The molecule has 35 heavy (non-hydrogen) atoms. The van der Waals surface area contributed by atoms with Gasteiger partial charge in [-0.3, -0.25) is 4.90 Å². The molecule has 3 aliphatic heterocycles. The second-order valence-electron chi connectivity index (χ2n) is 9.99. The zero-order valence-electron chi connectivity index (χ0n) is 20.2. The second-order valence-corrected chi connectivity index (χ2v) is 9.99. The van der Waals surface area contributed by atoms with Crippen LogP contribution in [0.1, 0.15) is 12.5 Å². The minimum Gasteiger partial charge on any atom is -0.467 e. The first-order valence-corrected chi connectivity index (χ1v) is 11.9. The highest BCUT2D eigenvalue weighted by Crippen LogP contribution is 2.33. The minimum absolute atomic E-state index is 0.222. The smallest absolute Gasteiger partial charge is 0.320 e. The third-order valence-corrected chi connectivity index (χ3v) is 7.15. The summed E-state index contributed by atoms with van der Waals surface area (Å²) >= 11 is 0. The van der Waals surface area contributed by atoms with Crippen LogP contribution in [0.4, 0.5) is 15.9 Å². The first kappa shape index (κ1) is 22.4. The van der Waals surface area contributed by atoms with E-state index in [1.165, 1.54) is 7.11 Å². The van der Waals surface area contributed by atoms with Gasteiger partial charge in [0, 0.05) is 49.9 Å². The molecule has 0 radical (unpaired) electrons. The molecule has 0 aliphatic carbocycles. The van der Waals surface area contributed by atoms with Crippen molar-refractivity contribution in [2.75, 3.05) is 62.8 Å². The Labute approximate surface area is 202 Å². The highest BCUT2D eigenvalue weighted by Gasteiger charge is 2.38. The number of ether oxygens (including phenoxy) is 2. The number of aromatic nitrogens is 4. The summed E-state index contributed by atoms with van der Waals surface area (Å²) in [5.74, 6) is 1.21. The number of benzene rings is 1. The van der Waals surface area contributed by atoms with E-state index in [0.29, 0.717) is 57.1 Å². The lowest BCUT2D eigenvalue weighted by molar-refractivity contribution is -0.0753. The second kappa shape index (κ2) is 8.28. The average molecular weight is 484 g/mol. The number of aryl methyl sites for hydroxylation is 1. The summed E-state index contributed by atoms with van der Waals surface area (Å²) in [7, 11) is 1.52. The van der Waals surface area contributed by atoms with Crippen LogP contribution in [0.15, 0.2) is 24.4 Å². The predicted octanol–water partition coefficient (Wildman–Crippen LogP) is 1.52. The molecule has 6 rings (SSSR count). The van der Waals surface area contributed by atoms with E-state index in [2.05, 4.69) is 20.0 Å². The quantitative estimate of drug-likeness (QED) is 0.543. The van der Waals surface area contributed by atoms with Crippen LogP contribution in [0.3, 0.4) is 0 Å². The SMILES string of the molecule is COc1nc(N2CC(C)(O)C2)cc(-n2ncc3cc(C)c(N4CCN(C5COC5)CC4F)cc32)n1. The Bertz CT molecular complexity index is 1250. The highest BCUT2D eigenvalue weighted by molar-refractivity contribution is 5.85. The van der Waals surface area contributed by atoms with E-state index in [-0.39, 0.29) is 6.01 Å². The molecule has 3 aliphatic rings. The number of methoxy groups -OCH3 is 1. The molecule has 0 saturated carbocycles. The molecule has 0 spiro atoms. The van der Waals surface area contributed by atoms with Crippen molar-refractivity contribution in [3.63, 3.8) is 0 Å². The van der Waals surface area contributed by atoms with E-state index in [9.17, 15) is 5.11 Å². The Morgan fingerprint density at radius 1 is 1.14 bits per heavy atom. The summed E-state index contributed by atoms with van der Waals surface area (Å²) in [5.41, 5.74) is 1.96. The van der Waals surface area contributed by atoms with Crippen molar-refractivity contribution in [1.82, 2.24) is 24.6 Å². The largest absolute Gasteiger partial charge is 0.467 e. The van der Waals surface area contributed by atoms with Gasteiger partial charge in [0.1, 0.15) is 5.82 Å². The molecule has 11 heteroatoms. The van der Waals surface area contributed by atoms with Crippen molar-refractivity contribution in [2.24, 2.45) is 0 Å². The number of hydrogen-bond donors (Lipinski definition) is 1. The lowest BCUT2D eigenvalue weighted by Crippen LogP contribution is -2.60. The molecule has 3 saturated heterocycles. The normalized spacial score (nSPS) is 22.8. The van der Waals surface area contributed by atoms with Gasteiger partial charge in [-0.15, -0.1) is 0 Å². The van der Waals surface area contributed by atoms with Gasteiger partial charge in [-0.1, -0.05) is 0 Å². The lowest BCUT2D eigenvalue weighted by atomic mass is 9.97. The first-order valence-electron chi connectivity index (χ1n) is 11.9. The van der Waals surface area contributed by atoms with Gasteiger partial charge in [0.25, 0.3) is 0 Å². The van der Waals surface area contributed by atoms with E-state index < -0.39 is 11.9 Å². The zero-order chi connectivity index (χ0) is 24.3. The van der Waals surface area contributed by atoms with Crippen molar-refractivity contribution < 1.29 is 19.0 Å². The molecular weight excluding hydrogens is 453 g/mol. The van der Waals surface area contributed by atoms with Crippen molar-refractivity contribution in [3.05, 3.63) is 30.0 Å². The fourth-order valence-corrected chi connectivity index (χ4v) is 5.17. The molecule has 10 nitrogen and oxygen atoms in total. The van der Waals surface area contributed by atoms with E-state index in [1.54, 1.807) is 17.8 Å². The number of β-amino-alcohol motifs (C(OH)–C–C–N with tert-alkyl or cyclic N) is 1. The number of hydrogen-bond acceptors (Lipinski definition) is 9. The van der Waals surface area contributed by atoms with Crippen molar-refractivity contribution in [1.29, 1.82) is 0 Å². The summed E-state index contributed by atoms with van der Waals surface area (Å²) in [6.45, 7) is 7.93. The van der Waals surface area contributed by atoms with Gasteiger partial charge in [0.05, 0.1) is 43.7 Å². The van der Waals surface area contributed by atoms with Crippen LogP contribution >= 0.6 is 0 Å². The fraction of sp³-hybridized carbons (Fsp3) is 0.542. The molecule has 1 unspecified atom stereocenters. The van der Waals surface area contributed by atoms with Crippen molar-refractivity contribution >= 4 is 22.4 Å². The number of alkyl halides is 1. The van der Waals surface area contributed by atoms with Gasteiger partial charge in [0.15, 0.2) is 12.1 Å². The maximum absolute atomic E-state index is 15.3. The Hall–Kier alpha value is -3.02. The first-order chi connectivity index (χ1) is 16.8. The number of fused-ring (bicyclic) bond motifs is 1. The standard InChI is InChI=1S/C24H30FN7O3/c1-15-6-16-9-26-32(22-8-21(27-23(28-22)34-3)30-13-24(2,33)14-30)19(16)7-18(15)31-5-4-29(10-20(31)25)17-11-35-12-17/h6-9,17,20,33H,4-5,10-14H2,1-3H3. The summed E-state index contributed by atoms with van der Waals surface area (Å²) < 4.78 is 27.7. The maximum Gasteiger partial charge on any atom is 0.320 e. The molecule has 2 aromatic heterocycles. The average Bonchev–Trinajstić information content (AvgIpc) is 3.18. The van der Waals surface area contributed by atoms with Crippen molar-refractivity contribution in [3.8, 4) is 11.8 Å². The number of halogens is 1. The molecule has 0 amide bonds. The summed E-state index contributed by atoms with van der Waals surface area (Å²) in [5, 5.41) is 15.7. The third kappa shape index (κ3) is 3.97. The Morgan fingerprint density at radius 2 is 1.91 bits per heavy atom. The van der Waals surface area contributed by atoms with Crippen molar-refractivity contribution in [2.45, 2.75) is 31.8 Å². The number of aliphatic hydroxyl groups is 1. The molecule has 3 aromatic rings. The van der Waals surface area contributed by atoms with E-state index in [1.807, 2.05) is 34.9 Å². The van der Waals surface area contributed by atoms with Crippen LogP contribution in [0, 0.1) is 6.92 Å². The van der Waals surface area contributed by atoms with Crippen LogP contribution < -0.4 is 14.5 Å². The minimum atomic E-state index is -1.10. The third-order valence-electron chi connectivity index (χ3n) is 7.15. The number of anilines is 2. The summed E-state index contributed by atoms with van der Waals surface area (Å²) in [4.78, 5) is 15.0. The van der Waals surface area contributed by atoms with Gasteiger partial charge in [-0.2, -0.15) is 15.1 Å². The van der Waals surface area contributed by atoms with Gasteiger partial charge in [-0.05, 0) is 31.5 Å². The molecule has 186 valence electrons. The summed E-state index contributed by atoms with van der Waals surface area (Å²) in [6, 6.07) is 6.42. The van der Waals surface area contributed by atoms with E-state index in [4.69, 9.17) is 9.47 Å².